The smallest absolute Gasteiger partial charge is 0.276 e. The fourth-order valence-corrected chi connectivity index (χ4v) is 3.52. The zero-order valence-electron chi connectivity index (χ0n) is 14.8. The van der Waals surface area contributed by atoms with Gasteiger partial charge in [-0.3, -0.25) is 9.89 Å². The van der Waals surface area contributed by atoms with Crippen LogP contribution in [-0.4, -0.2) is 49.1 Å². The van der Waals surface area contributed by atoms with E-state index in [1.54, 1.807) is 10.9 Å². The van der Waals surface area contributed by atoms with E-state index in [-0.39, 0.29) is 5.91 Å². The number of H-pyrrole nitrogens is 1. The van der Waals surface area contributed by atoms with Crippen molar-refractivity contribution in [1.82, 2.24) is 30.1 Å². The van der Waals surface area contributed by atoms with Gasteiger partial charge in [-0.1, -0.05) is 35.5 Å². The Labute approximate surface area is 152 Å². The van der Waals surface area contributed by atoms with E-state index in [9.17, 15) is 4.79 Å². The first kappa shape index (κ1) is 16.5. The maximum absolute atomic E-state index is 13.0. The van der Waals surface area contributed by atoms with Crippen molar-refractivity contribution >= 4 is 5.91 Å². The van der Waals surface area contributed by atoms with E-state index in [2.05, 4.69) is 20.5 Å². The van der Waals surface area contributed by atoms with Gasteiger partial charge in [-0.25, -0.2) is 4.68 Å². The average Bonchev–Trinajstić information content (AvgIpc) is 3.33. The number of aromatic amines is 1. The highest BCUT2D eigenvalue weighted by Gasteiger charge is 2.29. The first-order chi connectivity index (χ1) is 12.7. The molecule has 4 rings (SSSR count). The fraction of sp³-hybridized carbons (Fsp3) is 0.368. The summed E-state index contributed by atoms with van der Waals surface area (Å²) in [5, 5.41) is 15.4. The molecule has 134 valence electrons. The zero-order chi connectivity index (χ0) is 17.9. The first-order valence-corrected chi connectivity index (χ1v) is 8.95. The number of piperidine rings is 1. The molecule has 3 aromatic rings. The number of hydrogen-bond donors (Lipinski definition) is 1. The summed E-state index contributed by atoms with van der Waals surface area (Å²) in [5.41, 5.74) is 3.48. The molecule has 1 aliphatic heterocycles. The van der Waals surface area contributed by atoms with E-state index in [0.717, 1.165) is 36.3 Å². The van der Waals surface area contributed by atoms with E-state index in [1.165, 1.54) is 0 Å². The summed E-state index contributed by atoms with van der Waals surface area (Å²) in [6, 6.07) is 12.1. The molecule has 0 saturated carbocycles. The molecule has 0 spiro atoms. The Kier molecular flexibility index (Phi) is 4.51. The number of nitrogens with one attached hydrogen (secondary N) is 1. The highest BCUT2D eigenvalue weighted by molar-refractivity contribution is 5.93. The van der Waals surface area contributed by atoms with Crippen LogP contribution in [0.4, 0.5) is 0 Å². The highest BCUT2D eigenvalue weighted by atomic mass is 16.2. The Morgan fingerprint density at radius 2 is 2.12 bits per heavy atom. The van der Waals surface area contributed by atoms with Crippen LogP contribution in [0.25, 0.3) is 0 Å². The van der Waals surface area contributed by atoms with Crippen LogP contribution < -0.4 is 0 Å². The van der Waals surface area contributed by atoms with Gasteiger partial charge >= 0.3 is 0 Å². The van der Waals surface area contributed by atoms with E-state index in [4.69, 9.17) is 0 Å². The summed E-state index contributed by atoms with van der Waals surface area (Å²) in [7, 11) is 0. The fourth-order valence-electron chi connectivity index (χ4n) is 3.52. The number of aromatic nitrogens is 5. The quantitative estimate of drug-likeness (QED) is 0.783. The first-order valence-electron chi connectivity index (χ1n) is 8.95. The molecule has 7 heteroatoms. The van der Waals surface area contributed by atoms with E-state index in [1.807, 2.05) is 48.2 Å². The third-order valence-electron chi connectivity index (χ3n) is 5.03. The zero-order valence-corrected chi connectivity index (χ0v) is 14.8. The SMILES string of the molecule is Cc1c(C(=O)N2CCC[C@H](c3ccn[nH]3)C2)nnn1Cc1ccccc1. The molecular weight excluding hydrogens is 328 g/mol. The normalized spacial score (nSPS) is 17.4. The minimum Gasteiger partial charge on any atom is -0.337 e. The number of likely N-dealkylation sites (tertiary alicyclic amines) is 1. The summed E-state index contributed by atoms with van der Waals surface area (Å²) in [5.74, 6) is 0.265. The minimum atomic E-state index is -0.0361. The van der Waals surface area contributed by atoms with Crippen molar-refractivity contribution in [3.63, 3.8) is 0 Å². The molecule has 1 atom stereocenters. The van der Waals surface area contributed by atoms with Crippen molar-refractivity contribution in [1.29, 1.82) is 0 Å². The summed E-state index contributed by atoms with van der Waals surface area (Å²) >= 11 is 0. The van der Waals surface area contributed by atoms with E-state index >= 15 is 0 Å². The monoisotopic (exact) mass is 350 g/mol. The number of nitrogens with zero attached hydrogens (tertiary/aromatic N) is 5. The Bertz CT molecular complexity index is 871. The van der Waals surface area contributed by atoms with Crippen molar-refractivity contribution in [2.24, 2.45) is 0 Å². The van der Waals surface area contributed by atoms with Gasteiger partial charge in [0, 0.05) is 30.9 Å². The number of carbonyl (C=O) groups is 1. The molecular formula is C19H22N6O. The van der Waals surface area contributed by atoms with Crippen molar-refractivity contribution in [2.75, 3.05) is 13.1 Å². The number of carbonyl (C=O) groups excluding carboxylic acids is 1. The standard InChI is InChI=1S/C19H22N6O/c1-14-18(22-23-25(14)12-15-6-3-2-4-7-15)19(26)24-11-5-8-16(13-24)17-9-10-20-21-17/h2-4,6-7,9-10,16H,5,8,11-13H2,1H3,(H,20,21)/t16-/m0/s1. The number of rotatable bonds is 4. The maximum Gasteiger partial charge on any atom is 0.276 e. The Hall–Kier alpha value is -2.96. The van der Waals surface area contributed by atoms with Crippen LogP contribution in [0, 0.1) is 6.92 Å². The molecule has 7 nitrogen and oxygen atoms in total. The van der Waals surface area contributed by atoms with Gasteiger partial charge in [-0.05, 0) is 31.4 Å². The molecule has 2 aromatic heterocycles. The van der Waals surface area contributed by atoms with Crippen molar-refractivity contribution in [3.8, 4) is 0 Å². The highest BCUT2D eigenvalue weighted by Crippen LogP contribution is 2.26. The van der Waals surface area contributed by atoms with Gasteiger partial charge in [0.25, 0.3) is 5.91 Å². The number of benzene rings is 1. The minimum absolute atomic E-state index is 0.0361. The molecule has 0 unspecified atom stereocenters. The lowest BCUT2D eigenvalue weighted by molar-refractivity contribution is 0.0699. The van der Waals surface area contributed by atoms with Crippen molar-refractivity contribution in [3.05, 3.63) is 65.2 Å². The number of amides is 1. The predicted molar refractivity (Wildman–Crippen MR) is 96.8 cm³/mol. The summed E-state index contributed by atoms with van der Waals surface area (Å²) in [6.07, 6.45) is 3.80. The molecule has 1 saturated heterocycles. The molecule has 1 amide bonds. The van der Waals surface area contributed by atoms with Gasteiger partial charge in [-0.15, -0.1) is 5.10 Å². The van der Waals surface area contributed by atoms with Crippen LogP contribution in [-0.2, 0) is 6.54 Å². The maximum atomic E-state index is 13.0. The van der Waals surface area contributed by atoms with E-state index < -0.39 is 0 Å². The predicted octanol–water partition coefficient (Wildman–Crippen LogP) is 2.38. The molecule has 1 fully saturated rings. The van der Waals surface area contributed by atoms with E-state index in [0.29, 0.717) is 24.7 Å². The van der Waals surface area contributed by atoms with Gasteiger partial charge in [0.15, 0.2) is 5.69 Å². The summed E-state index contributed by atoms with van der Waals surface area (Å²) in [4.78, 5) is 14.9. The lowest BCUT2D eigenvalue weighted by Gasteiger charge is -2.31. The molecule has 1 aliphatic rings. The topological polar surface area (TPSA) is 79.7 Å². The van der Waals surface area contributed by atoms with Crippen molar-refractivity contribution < 1.29 is 4.79 Å². The second-order valence-corrected chi connectivity index (χ2v) is 6.77. The van der Waals surface area contributed by atoms with Gasteiger partial charge in [-0.2, -0.15) is 5.10 Å². The van der Waals surface area contributed by atoms with Gasteiger partial charge in [0.2, 0.25) is 0 Å². The Balaban J connectivity index is 1.49. The number of hydrogen-bond acceptors (Lipinski definition) is 4. The molecule has 3 heterocycles. The third-order valence-corrected chi connectivity index (χ3v) is 5.03. The molecule has 26 heavy (non-hydrogen) atoms. The van der Waals surface area contributed by atoms with Gasteiger partial charge in [0.1, 0.15) is 0 Å². The Morgan fingerprint density at radius 1 is 1.27 bits per heavy atom. The van der Waals surface area contributed by atoms with Gasteiger partial charge in [0.05, 0.1) is 12.2 Å². The molecule has 1 N–H and O–H groups in total. The van der Waals surface area contributed by atoms with Crippen molar-refractivity contribution in [2.45, 2.75) is 32.2 Å². The largest absolute Gasteiger partial charge is 0.337 e. The lowest BCUT2D eigenvalue weighted by Crippen LogP contribution is -2.39. The molecule has 0 bridgehead atoms. The Morgan fingerprint density at radius 3 is 2.88 bits per heavy atom. The second kappa shape index (κ2) is 7.11. The summed E-state index contributed by atoms with van der Waals surface area (Å²) in [6.45, 7) is 3.97. The van der Waals surface area contributed by atoms with Crippen LogP contribution in [0.1, 0.15) is 46.2 Å². The molecule has 0 aliphatic carbocycles. The van der Waals surface area contributed by atoms with Gasteiger partial charge < -0.3 is 4.90 Å². The van der Waals surface area contributed by atoms with Crippen LogP contribution >= 0.6 is 0 Å². The summed E-state index contributed by atoms with van der Waals surface area (Å²) < 4.78 is 1.79. The van der Waals surface area contributed by atoms with Crippen LogP contribution in [0.2, 0.25) is 0 Å². The second-order valence-electron chi connectivity index (χ2n) is 6.77. The van der Waals surface area contributed by atoms with Crippen LogP contribution in [0.3, 0.4) is 0 Å². The van der Waals surface area contributed by atoms with Crippen LogP contribution in [0.15, 0.2) is 42.6 Å². The average molecular weight is 350 g/mol. The molecule has 0 radical (unpaired) electrons. The lowest BCUT2D eigenvalue weighted by atomic mass is 9.94. The third kappa shape index (κ3) is 3.24. The van der Waals surface area contributed by atoms with Crippen LogP contribution in [0.5, 0.6) is 0 Å². The molecule has 1 aromatic carbocycles.